The van der Waals surface area contributed by atoms with Crippen molar-refractivity contribution >= 4 is 35.8 Å². The SMILES string of the molecule is CSc1ccc(NC(=O)CC2COCCN2)cc1.Cl. The molecule has 0 radical (unpaired) electrons. The molecule has 1 saturated heterocycles. The summed E-state index contributed by atoms with van der Waals surface area (Å²) in [5, 5.41) is 6.16. The Bertz CT molecular complexity index is 394. The molecule has 0 aromatic heterocycles. The minimum atomic E-state index is 0. The number of amides is 1. The summed E-state index contributed by atoms with van der Waals surface area (Å²) < 4.78 is 5.32. The molecule has 2 N–H and O–H groups in total. The molecule has 1 atom stereocenters. The zero-order valence-corrected chi connectivity index (χ0v) is 12.5. The summed E-state index contributed by atoms with van der Waals surface area (Å²) in [6.45, 7) is 2.16. The van der Waals surface area contributed by atoms with E-state index in [1.807, 2.05) is 30.5 Å². The molecule has 1 aliphatic heterocycles. The number of carbonyl (C=O) groups excluding carboxylic acids is 1. The second-order valence-electron chi connectivity index (χ2n) is 4.21. The number of carbonyl (C=O) groups is 1. The van der Waals surface area contributed by atoms with E-state index in [1.165, 1.54) is 4.90 Å². The van der Waals surface area contributed by atoms with Crippen molar-refractivity contribution in [1.82, 2.24) is 5.32 Å². The van der Waals surface area contributed by atoms with Gasteiger partial charge in [-0.25, -0.2) is 0 Å². The molecule has 1 fully saturated rings. The Morgan fingerprint density at radius 1 is 1.47 bits per heavy atom. The summed E-state index contributed by atoms with van der Waals surface area (Å²) in [5.74, 6) is 0.0231. The minimum Gasteiger partial charge on any atom is -0.378 e. The predicted octanol–water partition coefficient (Wildman–Crippen LogP) is 2.15. The topological polar surface area (TPSA) is 50.4 Å². The number of ether oxygens (including phenoxy) is 1. The molecular weight excluding hydrogens is 284 g/mol. The molecule has 0 aliphatic carbocycles. The summed E-state index contributed by atoms with van der Waals surface area (Å²) in [6.07, 6.45) is 2.48. The molecule has 1 aromatic carbocycles. The van der Waals surface area contributed by atoms with Crippen LogP contribution < -0.4 is 10.6 Å². The van der Waals surface area contributed by atoms with Gasteiger partial charge in [-0.15, -0.1) is 24.2 Å². The molecule has 1 heterocycles. The van der Waals surface area contributed by atoms with Crippen LogP contribution in [0.15, 0.2) is 29.2 Å². The Hall–Kier alpha value is -0.750. The molecule has 19 heavy (non-hydrogen) atoms. The number of halogens is 1. The van der Waals surface area contributed by atoms with E-state index in [9.17, 15) is 4.79 Å². The van der Waals surface area contributed by atoms with Crippen molar-refractivity contribution in [2.75, 3.05) is 31.3 Å². The molecule has 1 unspecified atom stereocenters. The van der Waals surface area contributed by atoms with Gasteiger partial charge in [-0.3, -0.25) is 4.79 Å². The molecule has 2 rings (SSSR count). The Labute approximate surface area is 124 Å². The highest BCUT2D eigenvalue weighted by Gasteiger charge is 2.16. The molecular formula is C13H19ClN2O2S. The lowest BCUT2D eigenvalue weighted by Gasteiger charge is -2.23. The Balaban J connectivity index is 0.00000180. The molecule has 1 aliphatic rings. The molecule has 6 heteroatoms. The first-order chi connectivity index (χ1) is 8.78. The van der Waals surface area contributed by atoms with Crippen molar-refractivity contribution in [3.05, 3.63) is 24.3 Å². The van der Waals surface area contributed by atoms with Crippen LogP contribution in [0.1, 0.15) is 6.42 Å². The van der Waals surface area contributed by atoms with E-state index >= 15 is 0 Å². The van der Waals surface area contributed by atoms with Gasteiger partial charge in [0.15, 0.2) is 0 Å². The second-order valence-corrected chi connectivity index (χ2v) is 5.09. The Morgan fingerprint density at radius 3 is 2.79 bits per heavy atom. The van der Waals surface area contributed by atoms with Crippen molar-refractivity contribution in [3.8, 4) is 0 Å². The van der Waals surface area contributed by atoms with Gasteiger partial charge in [0.1, 0.15) is 0 Å². The number of hydrogen-bond acceptors (Lipinski definition) is 4. The first-order valence-electron chi connectivity index (χ1n) is 6.03. The predicted molar refractivity (Wildman–Crippen MR) is 81.3 cm³/mol. The van der Waals surface area contributed by atoms with Gasteiger partial charge in [-0.05, 0) is 30.5 Å². The van der Waals surface area contributed by atoms with Crippen LogP contribution in [0.25, 0.3) is 0 Å². The summed E-state index contributed by atoms with van der Waals surface area (Å²) in [4.78, 5) is 13.0. The van der Waals surface area contributed by atoms with E-state index in [1.54, 1.807) is 11.8 Å². The first kappa shape index (κ1) is 16.3. The standard InChI is InChI=1S/C13H18N2O2S.ClH/c1-18-12-4-2-10(3-5-12)15-13(16)8-11-9-17-7-6-14-11;/h2-5,11,14H,6-9H2,1H3,(H,15,16);1H. The van der Waals surface area contributed by atoms with Gasteiger partial charge in [0.25, 0.3) is 0 Å². The van der Waals surface area contributed by atoms with E-state index in [0.717, 1.165) is 18.8 Å². The fourth-order valence-electron chi connectivity index (χ4n) is 1.86. The molecule has 0 spiro atoms. The van der Waals surface area contributed by atoms with Crippen LogP contribution in [0, 0.1) is 0 Å². The van der Waals surface area contributed by atoms with Gasteiger partial charge in [-0.2, -0.15) is 0 Å². The van der Waals surface area contributed by atoms with Crippen molar-refractivity contribution in [1.29, 1.82) is 0 Å². The number of rotatable bonds is 4. The van der Waals surface area contributed by atoms with Gasteiger partial charge in [-0.1, -0.05) is 0 Å². The smallest absolute Gasteiger partial charge is 0.226 e. The number of hydrogen-bond donors (Lipinski definition) is 2. The number of morpholine rings is 1. The fraction of sp³-hybridized carbons (Fsp3) is 0.462. The summed E-state index contributed by atoms with van der Waals surface area (Å²) in [5.41, 5.74) is 0.842. The lowest BCUT2D eigenvalue weighted by Crippen LogP contribution is -2.43. The third kappa shape index (κ3) is 5.40. The van der Waals surface area contributed by atoms with Crippen molar-refractivity contribution in [2.24, 2.45) is 0 Å². The fourth-order valence-corrected chi connectivity index (χ4v) is 2.27. The van der Waals surface area contributed by atoms with Crippen LogP contribution >= 0.6 is 24.2 Å². The normalized spacial score (nSPS) is 18.5. The van der Waals surface area contributed by atoms with Crippen LogP contribution in [0.3, 0.4) is 0 Å². The van der Waals surface area contributed by atoms with E-state index in [2.05, 4.69) is 10.6 Å². The molecule has 4 nitrogen and oxygen atoms in total. The third-order valence-electron chi connectivity index (χ3n) is 2.80. The largest absolute Gasteiger partial charge is 0.378 e. The minimum absolute atomic E-state index is 0. The number of benzene rings is 1. The summed E-state index contributed by atoms with van der Waals surface area (Å²) in [6, 6.07) is 7.98. The summed E-state index contributed by atoms with van der Waals surface area (Å²) >= 11 is 1.69. The van der Waals surface area contributed by atoms with Crippen LogP contribution in [0.4, 0.5) is 5.69 Å². The average molecular weight is 303 g/mol. The zero-order chi connectivity index (χ0) is 12.8. The molecule has 106 valence electrons. The molecule has 0 saturated carbocycles. The van der Waals surface area contributed by atoms with Crippen LogP contribution in [0.2, 0.25) is 0 Å². The van der Waals surface area contributed by atoms with Crippen molar-refractivity contribution in [2.45, 2.75) is 17.4 Å². The van der Waals surface area contributed by atoms with E-state index < -0.39 is 0 Å². The summed E-state index contributed by atoms with van der Waals surface area (Å²) in [7, 11) is 0. The maximum Gasteiger partial charge on any atom is 0.226 e. The highest BCUT2D eigenvalue weighted by Crippen LogP contribution is 2.17. The molecule has 1 aromatic rings. The monoisotopic (exact) mass is 302 g/mol. The van der Waals surface area contributed by atoms with Crippen LogP contribution in [0.5, 0.6) is 0 Å². The van der Waals surface area contributed by atoms with Crippen LogP contribution in [-0.2, 0) is 9.53 Å². The van der Waals surface area contributed by atoms with E-state index in [0.29, 0.717) is 13.0 Å². The number of nitrogens with one attached hydrogen (secondary N) is 2. The van der Waals surface area contributed by atoms with E-state index in [-0.39, 0.29) is 24.4 Å². The first-order valence-corrected chi connectivity index (χ1v) is 7.25. The molecule has 0 bridgehead atoms. The highest BCUT2D eigenvalue weighted by molar-refractivity contribution is 7.98. The van der Waals surface area contributed by atoms with Gasteiger partial charge >= 0.3 is 0 Å². The maximum atomic E-state index is 11.8. The zero-order valence-electron chi connectivity index (χ0n) is 10.8. The third-order valence-corrected chi connectivity index (χ3v) is 3.55. The number of thioether (sulfide) groups is 1. The quantitative estimate of drug-likeness (QED) is 0.837. The average Bonchev–Trinajstić information content (AvgIpc) is 2.40. The lowest BCUT2D eigenvalue weighted by atomic mass is 10.2. The Morgan fingerprint density at radius 2 is 2.21 bits per heavy atom. The highest BCUT2D eigenvalue weighted by atomic mass is 35.5. The van der Waals surface area contributed by atoms with Crippen molar-refractivity contribution in [3.63, 3.8) is 0 Å². The van der Waals surface area contributed by atoms with Crippen molar-refractivity contribution < 1.29 is 9.53 Å². The van der Waals surface area contributed by atoms with Gasteiger partial charge in [0, 0.05) is 29.6 Å². The maximum absolute atomic E-state index is 11.8. The van der Waals surface area contributed by atoms with E-state index in [4.69, 9.17) is 4.74 Å². The Kier molecular flexibility index (Phi) is 7.23. The molecule has 1 amide bonds. The van der Waals surface area contributed by atoms with Gasteiger partial charge < -0.3 is 15.4 Å². The van der Waals surface area contributed by atoms with Crippen LogP contribution in [-0.4, -0.2) is 38.0 Å². The second kappa shape index (κ2) is 8.43. The van der Waals surface area contributed by atoms with Gasteiger partial charge in [0.05, 0.1) is 13.2 Å². The lowest BCUT2D eigenvalue weighted by molar-refractivity contribution is -0.117. The number of anilines is 1. The van der Waals surface area contributed by atoms with Gasteiger partial charge in [0.2, 0.25) is 5.91 Å².